The van der Waals surface area contributed by atoms with Gasteiger partial charge in [0.05, 0.1) is 18.1 Å². The molecule has 1 aromatic heterocycles. The molecule has 0 aliphatic rings. The van der Waals surface area contributed by atoms with E-state index in [0.717, 1.165) is 22.7 Å². The number of ether oxygens (including phenoxy) is 1. The van der Waals surface area contributed by atoms with Crippen molar-refractivity contribution in [3.63, 3.8) is 0 Å². The van der Waals surface area contributed by atoms with Crippen LogP contribution in [0.1, 0.15) is 16.1 Å². The fourth-order valence-corrected chi connectivity index (χ4v) is 2.82. The Morgan fingerprint density at radius 3 is 2.23 bits per heavy atom. The predicted octanol–water partition coefficient (Wildman–Crippen LogP) is 5.57. The lowest BCUT2D eigenvalue weighted by Gasteiger charge is -2.12. The molecule has 0 unspecified atom stereocenters. The van der Waals surface area contributed by atoms with Crippen molar-refractivity contribution in [3.05, 3.63) is 103 Å². The van der Waals surface area contributed by atoms with Gasteiger partial charge in [-0.15, -0.1) is 0 Å². The van der Waals surface area contributed by atoms with E-state index in [0.29, 0.717) is 11.6 Å². The van der Waals surface area contributed by atoms with Gasteiger partial charge in [0.25, 0.3) is 5.91 Å². The number of carbonyl (C=O) groups is 1. The number of rotatable bonds is 6. The lowest BCUT2D eigenvalue weighted by atomic mass is 10.2. The third-order valence-corrected chi connectivity index (χ3v) is 4.40. The van der Waals surface area contributed by atoms with Gasteiger partial charge >= 0.3 is 0 Å². The Balaban J connectivity index is 1.46. The van der Waals surface area contributed by atoms with E-state index in [4.69, 9.17) is 4.74 Å². The second kappa shape index (κ2) is 8.87. The summed E-state index contributed by atoms with van der Waals surface area (Å²) in [5.41, 5.74) is 2.70. The molecule has 6 heteroatoms. The van der Waals surface area contributed by atoms with Crippen LogP contribution in [-0.2, 0) is 0 Å². The number of hydrogen-bond donors (Lipinski definition) is 2. The normalized spacial score (nSPS) is 10.3. The maximum atomic E-state index is 12.4. The van der Waals surface area contributed by atoms with Gasteiger partial charge in [0.2, 0.25) is 0 Å². The Morgan fingerprint density at radius 1 is 0.800 bits per heavy atom. The highest BCUT2D eigenvalue weighted by Gasteiger charge is 2.11. The fourth-order valence-electron chi connectivity index (χ4n) is 2.82. The maximum Gasteiger partial charge on any atom is 0.275 e. The molecule has 1 amide bonds. The molecule has 148 valence electrons. The SMILES string of the molecule is Cc1ccccc1NC(=O)c1cnc(Nc2ccccc2Oc2ccccc2)cn1. The number of benzene rings is 3. The number of amides is 1. The first kappa shape index (κ1) is 19.1. The quantitative estimate of drug-likeness (QED) is 0.445. The van der Waals surface area contributed by atoms with Crippen LogP contribution >= 0.6 is 0 Å². The summed E-state index contributed by atoms with van der Waals surface area (Å²) < 4.78 is 5.95. The Labute approximate surface area is 174 Å². The molecule has 6 nitrogen and oxygen atoms in total. The first-order valence-corrected chi connectivity index (χ1v) is 9.47. The van der Waals surface area contributed by atoms with Gasteiger partial charge in [0.1, 0.15) is 17.3 Å². The molecule has 4 aromatic rings. The van der Waals surface area contributed by atoms with E-state index in [-0.39, 0.29) is 11.6 Å². The fraction of sp³-hybridized carbons (Fsp3) is 0.0417. The van der Waals surface area contributed by atoms with Gasteiger partial charge in [0.15, 0.2) is 5.75 Å². The number of nitrogens with zero attached hydrogens (tertiary/aromatic N) is 2. The van der Waals surface area contributed by atoms with Crippen molar-refractivity contribution in [2.24, 2.45) is 0 Å². The van der Waals surface area contributed by atoms with Crippen molar-refractivity contribution >= 4 is 23.1 Å². The molecule has 4 rings (SSSR count). The molecule has 0 aliphatic carbocycles. The Bertz CT molecular complexity index is 1150. The molecule has 1 heterocycles. The highest BCUT2D eigenvalue weighted by Crippen LogP contribution is 2.30. The molecular weight excluding hydrogens is 376 g/mol. The molecule has 0 saturated carbocycles. The van der Waals surface area contributed by atoms with Gasteiger partial charge in [-0.05, 0) is 42.8 Å². The van der Waals surface area contributed by atoms with Crippen LogP contribution in [0.4, 0.5) is 17.2 Å². The van der Waals surface area contributed by atoms with E-state index in [1.54, 1.807) is 0 Å². The van der Waals surface area contributed by atoms with Gasteiger partial charge in [0, 0.05) is 5.69 Å². The largest absolute Gasteiger partial charge is 0.455 e. The zero-order chi connectivity index (χ0) is 20.8. The monoisotopic (exact) mass is 396 g/mol. The zero-order valence-electron chi connectivity index (χ0n) is 16.4. The topological polar surface area (TPSA) is 76.1 Å². The molecule has 2 N–H and O–H groups in total. The maximum absolute atomic E-state index is 12.4. The number of hydrogen-bond acceptors (Lipinski definition) is 5. The summed E-state index contributed by atoms with van der Waals surface area (Å²) in [6.45, 7) is 1.93. The van der Waals surface area contributed by atoms with Crippen LogP contribution in [0.15, 0.2) is 91.3 Å². The van der Waals surface area contributed by atoms with Crippen LogP contribution in [0, 0.1) is 6.92 Å². The molecule has 0 saturated heterocycles. The van der Waals surface area contributed by atoms with E-state index in [9.17, 15) is 4.79 Å². The minimum atomic E-state index is -0.309. The number of carbonyl (C=O) groups excluding carboxylic acids is 1. The third-order valence-electron chi connectivity index (χ3n) is 4.40. The van der Waals surface area contributed by atoms with Crippen molar-refractivity contribution in [2.75, 3.05) is 10.6 Å². The number of anilines is 3. The molecule has 0 atom stereocenters. The van der Waals surface area contributed by atoms with E-state index >= 15 is 0 Å². The zero-order valence-corrected chi connectivity index (χ0v) is 16.4. The Morgan fingerprint density at radius 2 is 1.50 bits per heavy atom. The average Bonchev–Trinajstić information content (AvgIpc) is 2.78. The predicted molar refractivity (Wildman–Crippen MR) is 117 cm³/mol. The Hall–Kier alpha value is -4.19. The number of para-hydroxylation sites is 4. The highest BCUT2D eigenvalue weighted by atomic mass is 16.5. The van der Waals surface area contributed by atoms with E-state index < -0.39 is 0 Å². The van der Waals surface area contributed by atoms with Crippen molar-refractivity contribution in [1.82, 2.24) is 9.97 Å². The van der Waals surface area contributed by atoms with Gasteiger partial charge in [-0.2, -0.15) is 0 Å². The third kappa shape index (κ3) is 4.62. The number of aromatic nitrogens is 2. The van der Waals surface area contributed by atoms with Crippen LogP contribution in [0.5, 0.6) is 11.5 Å². The summed E-state index contributed by atoms with van der Waals surface area (Å²) in [6, 6.07) is 24.7. The summed E-state index contributed by atoms with van der Waals surface area (Å²) >= 11 is 0. The molecule has 0 bridgehead atoms. The van der Waals surface area contributed by atoms with Gasteiger partial charge in [-0.3, -0.25) is 4.79 Å². The summed E-state index contributed by atoms with van der Waals surface area (Å²) in [6.07, 6.45) is 2.96. The van der Waals surface area contributed by atoms with Gasteiger partial charge in [-0.25, -0.2) is 9.97 Å². The smallest absolute Gasteiger partial charge is 0.275 e. The van der Waals surface area contributed by atoms with Crippen LogP contribution in [0.3, 0.4) is 0 Å². The molecule has 0 aliphatic heterocycles. The number of nitrogens with one attached hydrogen (secondary N) is 2. The molecular formula is C24H20N4O2. The second-order valence-electron chi connectivity index (χ2n) is 6.59. The summed E-state index contributed by atoms with van der Waals surface area (Å²) in [7, 11) is 0. The van der Waals surface area contributed by atoms with Crippen LogP contribution < -0.4 is 15.4 Å². The molecule has 0 radical (unpaired) electrons. The summed E-state index contributed by atoms with van der Waals surface area (Å²) in [5.74, 6) is 1.59. The highest BCUT2D eigenvalue weighted by molar-refractivity contribution is 6.03. The molecule has 3 aromatic carbocycles. The first-order chi connectivity index (χ1) is 14.7. The lowest BCUT2D eigenvalue weighted by Crippen LogP contribution is -2.15. The Kier molecular flexibility index (Phi) is 5.66. The first-order valence-electron chi connectivity index (χ1n) is 9.47. The van der Waals surface area contributed by atoms with E-state index in [1.807, 2.05) is 85.8 Å². The average molecular weight is 396 g/mol. The second-order valence-corrected chi connectivity index (χ2v) is 6.59. The van der Waals surface area contributed by atoms with E-state index in [2.05, 4.69) is 20.6 Å². The summed E-state index contributed by atoms with van der Waals surface area (Å²) in [5, 5.41) is 6.04. The lowest BCUT2D eigenvalue weighted by molar-refractivity contribution is 0.102. The van der Waals surface area contributed by atoms with Crippen molar-refractivity contribution < 1.29 is 9.53 Å². The van der Waals surface area contributed by atoms with Crippen LogP contribution in [0.25, 0.3) is 0 Å². The molecule has 0 fully saturated rings. The van der Waals surface area contributed by atoms with Gasteiger partial charge in [-0.1, -0.05) is 48.5 Å². The minimum absolute atomic E-state index is 0.234. The number of aryl methyl sites for hydroxylation is 1. The molecule has 30 heavy (non-hydrogen) atoms. The van der Waals surface area contributed by atoms with E-state index in [1.165, 1.54) is 12.4 Å². The van der Waals surface area contributed by atoms with Crippen LogP contribution in [0.2, 0.25) is 0 Å². The van der Waals surface area contributed by atoms with Crippen molar-refractivity contribution in [3.8, 4) is 11.5 Å². The standard InChI is InChI=1S/C24H20N4O2/c1-17-9-5-6-12-19(17)28-24(29)21-15-26-23(16-25-21)27-20-13-7-8-14-22(20)30-18-10-3-2-4-11-18/h2-16H,1H3,(H,26,27)(H,28,29). The summed E-state index contributed by atoms with van der Waals surface area (Å²) in [4.78, 5) is 21.0. The molecule has 0 spiro atoms. The van der Waals surface area contributed by atoms with Crippen molar-refractivity contribution in [2.45, 2.75) is 6.92 Å². The van der Waals surface area contributed by atoms with Crippen molar-refractivity contribution in [1.29, 1.82) is 0 Å². The van der Waals surface area contributed by atoms with Crippen LogP contribution in [-0.4, -0.2) is 15.9 Å². The minimum Gasteiger partial charge on any atom is -0.455 e. The van der Waals surface area contributed by atoms with Gasteiger partial charge < -0.3 is 15.4 Å².